The lowest BCUT2D eigenvalue weighted by Crippen LogP contribution is -2.19. The molecular formula is C16H13ClF2N2. The van der Waals surface area contributed by atoms with Gasteiger partial charge in [-0.3, -0.25) is 0 Å². The number of rotatable bonds is 4. The summed E-state index contributed by atoms with van der Waals surface area (Å²) < 4.78 is 27.5. The summed E-state index contributed by atoms with van der Waals surface area (Å²) in [6, 6.07) is 10.9. The van der Waals surface area contributed by atoms with Crippen LogP contribution in [0.15, 0.2) is 36.4 Å². The number of hydrogen-bond acceptors (Lipinski definition) is 2. The molecule has 2 aromatic rings. The first-order valence-electron chi connectivity index (χ1n) is 6.38. The van der Waals surface area contributed by atoms with Crippen LogP contribution in [0.1, 0.15) is 29.7 Å². The molecule has 0 amide bonds. The Morgan fingerprint density at radius 2 is 1.76 bits per heavy atom. The summed E-state index contributed by atoms with van der Waals surface area (Å²) in [7, 11) is 0. The highest BCUT2D eigenvalue weighted by Gasteiger charge is 2.13. The maximum Gasteiger partial charge on any atom is 0.131 e. The van der Waals surface area contributed by atoms with Crippen LogP contribution in [-0.2, 0) is 6.54 Å². The monoisotopic (exact) mass is 306 g/mol. The van der Waals surface area contributed by atoms with Gasteiger partial charge in [0, 0.05) is 23.2 Å². The van der Waals surface area contributed by atoms with E-state index in [0.29, 0.717) is 5.02 Å². The van der Waals surface area contributed by atoms with E-state index in [1.807, 2.05) is 19.1 Å². The lowest BCUT2D eigenvalue weighted by Gasteiger charge is -2.15. The molecule has 2 rings (SSSR count). The summed E-state index contributed by atoms with van der Waals surface area (Å²) in [6.45, 7) is 1.93. The average molecular weight is 307 g/mol. The minimum atomic E-state index is -0.720. The van der Waals surface area contributed by atoms with E-state index in [0.717, 1.165) is 17.7 Å². The second-order valence-corrected chi connectivity index (χ2v) is 5.12. The van der Waals surface area contributed by atoms with E-state index in [1.54, 1.807) is 18.2 Å². The van der Waals surface area contributed by atoms with Crippen molar-refractivity contribution in [2.75, 3.05) is 0 Å². The quantitative estimate of drug-likeness (QED) is 0.912. The highest BCUT2D eigenvalue weighted by atomic mass is 35.5. The fourth-order valence-electron chi connectivity index (χ4n) is 1.96. The van der Waals surface area contributed by atoms with E-state index in [4.69, 9.17) is 16.9 Å². The molecule has 108 valence electrons. The molecule has 0 radical (unpaired) electrons. The van der Waals surface area contributed by atoms with Crippen molar-refractivity contribution >= 4 is 11.6 Å². The Morgan fingerprint density at radius 1 is 1.19 bits per heavy atom. The third-order valence-corrected chi connectivity index (χ3v) is 3.48. The molecule has 0 aliphatic carbocycles. The first kappa shape index (κ1) is 15.4. The summed E-state index contributed by atoms with van der Waals surface area (Å²) in [5.41, 5.74) is 0.864. The van der Waals surface area contributed by atoms with Crippen molar-refractivity contribution in [3.05, 3.63) is 69.7 Å². The van der Waals surface area contributed by atoms with Gasteiger partial charge in [-0.2, -0.15) is 5.26 Å². The van der Waals surface area contributed by atoms with Gasteiger partial charge in [0.1, 0.15) is 11.6 Å². The molecule has 0 heterocycles. The molecular weight excluding hydrogens is 294 g/mol. The van der Waals surface area contributed by atoms with Crippen LogP contribution in [-0.4, -0.2) is 0 Å². The Balaban J connectivity index is 2.10. The molecule has 2 nitrogen and oxygen atoms in total. The van der Waals surface area contributed by atoms with E-state index >= 15 is 0 Å². The molecule has 21 heavy (non-hydrogen) atoms. The van der Waals surface area contributed by atoms with Crippen molar-refractivity contribution in [2.45, 2.75) is 19.5 Å². The molecule has 1 N–H and O–H groups in total. The number of benzene rings is 2. The molecule has 0 saturated carbocycles. The Morgan fingerprint density at radius 3 is 2.29 bits per heavy atom. The predicted molar refractivity (Wildman–Crippen MR) is 77.8 cm³/mol. The lowest BCUT2D eigenvalue weighted by atomic mass is 10.1. The minimum absolute atomic E-state index is 0.0282. The smallest absolute Gasteiger partial charge is 0.131 e. The maximum absolute atomic E-state index is 13.8. The normalized spacial score (nSPS) is 12.0. The summed E-state index contributed by atoms with van der Waals surface area (Å²) in [6.07, 6.45) is 0. The van der Waals surface area contributed by atoms with Gasteiger partial charge < -0.3 is 5.32 Å². The van der Waals surface area contributed by atoms with Crippen molar-refractivity contribution < 1.29 is 8.78 Å². The number of halogens is 3. The summed E-state index contributed by atoms with van der Waals surface area (Å²) in [4.78, 5) is 0. The van der Waals surface area contributed by atoms with E-state index in [9.17, 15) is 8.78 Å². The van der Waals surface area contributed by atoms with Gasteiger partial charge in [0.15, 0.2) is 0 Å². The third-order valence-electron chi connectivity index (χ3n) is 3.23. The van der Waals surface area contributed by atoms with Gasteiger partial charge in [-0.05, 0) is 36.8 Å². The van der Waals surface area contributed by atoms with Crippen LogP contribution in [0.2, 0.25) is 5.02 Å². The topological polar surface area (TPSA) is 35.8 Å². The van der Waals surface area contributed by atoms with Gasteiger partial charge >= 0.3 is 0 Å². The standard InChI is InChI=1S/C16H13ClF2N2/c1-10(12-2-4-13(17)5-3-12)21-9-14-15(18)6-11(8-20)7-16(14)19/h2-7,10,21H,9H2,1H3/t10-/m1/s1. The molecule has 0 aliphatic heterocycles. The fraction of sp³-hybridized carbons (Fsp3) is 0.188. The molecule has 1 atom stereocenters. The van der Waals surface area contributed by atoms with Crippen LogP contribution in [0.25, 0.3) is 0 Å². The molecule has 0 spiro atoms. The summed E-state index contributed by atoms with van der Waals surface area (Å²) >= 11 is 5.81. The van der Waals surface area contributed by atoms with Gasteiger partial charge in [-0.15, -0.1) is 0 Å². The Bertz CT molecular complexity index is 655. The molecule has 0 fully saturated rings. The van der Waals surface area contributed by atoms with Crippen molar-refractivity contribution in [1.29, 1.82) is 5.26 Å². The van der Waals surface area contributed by atoms with Crippen LogP contribution in [0, 0.1) is 23.0 Å². The molecule has 2 aromatic carbocycles. The highest BCUT2D eigenvalue weighted by molar-refractivity contribution is 6.30. The average Bonchev–Trinajstić information content (AvgIpc) is 2.46. The molecule has 0 aliphatic rings. The molecule has 0 aromatic heterocycles. The van der Waals surface area contributed by atoms with E-state index in [-0.39, 0.29) is 23.7 Å². The summed E-state index contributed by atoms with van der Waals surface area (Å²) in [5.74, 6) is -1.44. The predicted octanol–water partition coefficient (Wildman–Crippen LogP) is 4.34. The minimum Gasteiger partial charge on any atom is -0.306 e. The van der Waals surface area contributed by atoms with Crippen molar-refractivity contribution in [3.8, 4) is 6.07 Å². The zero-order valence-electron chi connectivity index (χ0n) is 11.3. The number of nitrogens with zero attached hydrogens (tertiary/aromatic N) is 1. The maximum atomic E-state index is 13.8. The van der Waals surface area contributed by atoms with Crippen molar-refractivity contribution in [2.24, 2.45) is 0 Å². The van der Waals surface area contributed by atoms with E-state index in [1.165, 1.54) is 0 Å². The number of hydrogen-bond donors (Lipinski definition) is 1. The Labute approximate surface area is 127 Å². The zero-order valence-corrected chi connectivity index (χ0v) is 12.1. The largest absolute Gasteiger partial charge is 0.306 e. The van der Waals surface area contributed by atoms with Crippen LogP contribution < -0.4 is 5.32 Å². The molecule has 0 bridgehead atoms. The van der Waals surface area contributed by atoms with Gasteiger partial charge in [-0.1, -0.05) is 23.7 Å². The molecule has 0 unspecified atom stereocenters. The second-order valence-electron chi connectivity index (χ2n) is 4.68. The van der Waals surface area contributed by atoms with Crippen LogP contribution in [0.3, 0.4) is 0 Å². The fourth-order valence-corrected chi connectivity index (χ4v) is 2.09. The van der Waals surface area contributed by atoms with Crippen LogP contribution in [0.4, 0.5) is 8.78 Å². The lowest BCUT2D eigenvalue weighted by molar-refractivity contribution is 0.509. The van der Waals surface area contributed by atoms with Gasteiger partial charge in [-0.25, -0.2) is 8.78 Å². The first-order valence-corrected chi connectivity index (χ1v) is 6.76. The van der Waals surface area contributed by atoms with Crippen molar-refractivity contribution in [3.63, 3.8) is 0 Å². The summed E-state index contributed by atoms with van der Waals surface area (Å²) in [5, 5.41) is 12.3. The molecule has 0 saturated heterocycles. The van der Waals surface area contributed by atoms with Crippen molar-refractivity contribution in [1.82, 2.24) is 5.32 Å². The SMILES string of the molecule is C[C@@H](NCc1c(F)cc(C#N)cc1F)c1ccc(Cl)cc1. The first-order chi connectivity index (χ1) is 10.0. The third kappa shape index (κ3) is 3.78. The van der Waals surface area contributed by atoms with Gasteiger partial charge in [0.2, 0.25) is 0 Å². The Kier molecular flexibility index (Phi) is 4.89. The molecule has 5 heteroatoms. The van der Waals surface area contributed by atoms with Crippen LogP contribution in [0.5, 0.6) is 0 Å². The van der Waals surface area contributed by atoms with Gasteiger partial charge in [0.05, 0.1) is 11.6 Å². The highest BCUT2D eigenvalue weighted by Crippen LogP contribution is 2.19. The van der Waals surface area contributed by atoms with E-state index < -0.39 is 11.6 Å². The zero-order chi connectivity index (χ0) is 15.4. The van der Waals surface area contributed by atoms with E-state index in [2.05, 4.69) is 5.32 Å². The number of nitrogens with one attached hydrogen (secondary N) is 1. The Hall–Kier alpha value is -1.96. The second kappa shape index (κ2) is 6.66. The number of nitriles is 1. The van der Waals surface area contributed by atoms with Crippen LogP contribution >= 0.6 is 11.6 Å². The van der Waals surface area contributed by atoms with Gasteiger partial charge in [0.25, 0.3) is 0 Å².